The van der Waals surface area contributed by atoms with Crippen molar-refractivity contribution in [1.82, 2.24) is 21.3 Å². The molecular weight excluding hydrogens is 1730 g/mol. The molecule has 0 unspecified atom stereocenters. The Balaban J connectivity index is 0.0000174. The second-order valence-corrected chi connectivity index (χ2v) is 34.2. The zero-order valence-corrected chi connectivity index (χ0v) is 79.5. The summed E-state index contributed by atoms with van der Waals surface area (Å²) in [4.78, 5) is 80.0. The van der Waals surface area contributed by atoms with Gasteiger partial charge in [0, 0.05) is 40.0 Å². The molecule has 6 saturated heterocycles. The summed E-state index contributed by atoms with van der Waals surface area (Å²) in [5.41, 5.74) is 0. The van der Waals surface area contributed by atoms with Gasteiger partial charge in [-0.2, -0.15) is 0 Å². The first kappa shape index (κ1) is 119. The van der Waals surface area contributed by atoms with Crippen LogP contribution in [0.15, 0.2) is 12.2 Å². The van der Waals surface area contributed by atoms with Crippen LogP contribution in [0.25, 0.3) is 0 Å². The molecule has 129 heavy (non-hydrogen) atoms. The number of carbonyl (C=O) groups is 6. The number of hydrogen-bond acceptors (Lipinski definition) is 39. The average Bonchev–Trinajstić information content (AvgIpc) is 0.741. The van der Waals surface area contributed by atoms with E-state index in [1.165, 1.54) is 102 Å². The first-order chi connectivity index (χ1) is 60.6. The van der Waals surface area contributed by atoms with Crippen LogP contribution in [0.5, 0.6) is 0 Å². The van der Waals surface area contributed by atoms with Gasteiger partial charge in [0.2, 0.25) is 35.2 Å². The van der Waals surface area contributed by atoms with Crippen LogP contribution in [-0.2, 0) is 85.6 Å². The Kier molecular flexibility index (Phi) is 56.0. The van der Waals surface area contributed by atoms with Gasteiger partial charge < -0.3 is 195 Å². The predicted molar refractivity (Wildman–Crippen MR) is 435 cm³/mol. The van der Waals surface area contributed by atoms with Crippen molar-refractivity contribution in [2.75, 3.05) is 46.2 Å². The SMILES string of the molecule is CCCCCCCCCCCCC/C=C/[C@@H](O)[C@H](CO[C@@H]1O[C@H](CO)[C@@H](O[C@@H]2O[C@H](CO)[C@H](O[C@@H]3O[C@H](CO)[C@H](O)[C@H](O[C@@H]4O[C@H](CO)[C@H](O)[C@H](O)[C@H]4O)[C@H]3NC(C)=O)[C@H](O[C@]3(C(=O)[O-])C[C@H](O)[C@@H](NC(C)=O)[C@H]([C@H](O)[C@@H](CO)O[C@]4(C(=O)[O-])C[C@H](O)[C@@H](NC(C)=O)[C@H]([C@H](O)[C@H](O)CO)O4)O3)[C@H]2O)[C@H](O)[C@H]1O)NC(=O)CCCCCCCCCCCCCCCCC.[Na+].[Na+]. The molecule has 6 heterocycles. The molecular formula is C84H146N4Na2O39. The quantitative estimate of drug-likeness (QED) is 0.0153. The summed E-state index contributed by atoms with van der Waals surface area (Å²) in [6, 6.07) is -7.24. The van der Waals surface area contributed by atoms with Crippen molar-refractivity contribution in [2.24, 2.45) is 0 Å². The minimum absolute atomic E-state index is 0. The van der Waals surface area contributed by atoms with Gasteiger partial charge in [0.25, 0.3) is 0 Å². The number of aliphatic hydroxyl groups is 19. The minimum Gasteiger partial charge on any atom is -0.544 e. The van der Waals surface area contributed by atoms with Gasteiger partial charge in [-0.15, -0.1) is 0 Å². The van der Waals surface area contributed by atoms with Crippen molar-refractivity contribution < 1.29 is 252 Å². The zero-order valence-electron chi connectivity index (χ0n) is 75.5. The standard InChI is InChI=1S/C84H148N4O39.2Na/c1-6-8-10-12-14-16-18-20-21-23-25-27-29-31-33-35-58(102)88-48(49(98)34-32-30-28-26-24-22-19-17-15-13-11-9-7-2)44-116-78-69(110)67(108)71(56(42-93)119-78)121-80-70(111)76(72(57(43-94)120-80)122-77-61(87-47(5)97)73(64(105)54(40-91)117-77)123-79-68(109)66(107)63(104)53(39-90)118-79)127-84(82(114)115)37-51(100)60(86-46(4)96)75(126-84)65(106)55(41-92)124-83(81(112)113)36-50(99)59(85-45(3)95)74(125-83)62(103)52(101)38-89;;/h32,34,48-57,59-80,89-94,98-101,103-111H,6-31,33,35-44H2,1-5H3,(H,85,95)(H,86,96)(H,87,97)(H,88,102)(H,112,113)(H,114,115);;/q;2*+1/p-2/b34-32+;;/t48-,49+,50-,51-,52+,53+,54+,55+,56+,57+,59+,60+,61+,62+,63-,64-,65+,66-,67+,68+,69+,70+,71+,72-,73+,74+,75+,76+,77-,78+,79-,80-,83+,84-;;/m0../s1. The first-order valence-corrected chi connectivity index (χ1v) is 45.2. The molecule has 0 bridgehead atoms. The van der Waals surface area contributed by atoms with E-state index < -0.39 is 302 Å². The van der Waals surface area contributed by atoms with E-state index in [9.17, 15) is 136 Å². The number of aliphatic carboxylic acids is 2. The first-order valence-electron chi connectivity index (χ1n) is 45.2. The number of carbonyl (C=O) groups excluding carboxylic acids is 6. The van der Waals surface area contributed by atoms with Gasteiger partial charge in [-0.05, 0) is 19.3 Å². The number of rotatable bonds is 59. The third-order valence-electron chi connectivity index (χ3n) is 24.1. The van der Waals surface area contributed by atoms with Gasteiger partial charge in [-0.3, -0.25) is 19.2 Å². The molecule has 0 aromatic heterocycles. The van der Waals surface area contributed by atoms with Crippen LogP contribution in [0, 0.1) is 0 Å². The number of ether oxygens (including phenoxy) is 12. The number of unbranched alkanes of at least 4 members (excludes halogenated alkanes) is 25. The van der Waals surface area contributed by atoms with Gasteiger partial charge in [-0.1, -0.05) is 180 Å². The van der Waals surface area contributed by atoms with Crippen LogP contribution >= 0.6 is 0 Å². The molecule has 0 aromatic carbocycles. The summed E-state index contributed by atoms with van der Waals surface area (Å²) in [5, 5.41) is 252. The van der Waals surface area contributed by atoms with Crippen LogP contribution in [-0.4, -0.2) is 386 Å². The Labute approximate surface area is 796 Å². The molecule has 4 amide bonds. The average molecular weight is 1880 g/mol. The topological polar surface area (TPSA) is 692 Å². The summed E-state index contributed by atoms with van der Waals surface area (Å²) < 4.78 is 71.8. The van der Waals surface area contributed by atoms with Crippen molar-refractivity contribution in [1.29, 1.82) is 0 Å². The molecule has 0 radical (unpaired) electrons. The molecule has 45 heteroatoms. The van der Waals surface area contributed by atoms with Crippen molar-refractivity contribution in [3.05, 3.63) is 12.2 Å². The van der Waals surface area contributed by atoms with Gasteiger partial charge in [0.05, 0.1) is 82.7 Å². The van der Waals surface area contributed by atoms with Crippen LogP contribution in [0.4, 0.5) is 0 Å². The monoisotopic (exact) mass is 1880 g/mol. The molecule has 738 valence electrons. The minimum atomic E-state index is -3.82. The van der Waals surface area contributed by atoms with Crippen LogP contribution in [0.2, 0.25) is 0 Å². The predicted octanol–water partition coefficient (Wildman–Crippen LogP) is -12.5. The van der Waals surface area contributed by atoms with Crippen LogP contribution in [0.3, 0.4) is 0 Å². The molecule has 34 atom stereocenters. The van der Waals surface area contributed by atoms with Crippen molar-refractivity contribution in [3.63, 3.8) is 0 Å². The van der Waals surface area contributed by atoms with E-state index >= 15 is 0 Å². The Bertz CT molecular complexity index is 3210. The van der Waals surface area contributed by atoms with E-state index in [-0.39, 0.29) is 65.5 Å². The summed E-state index contributed by atoms with van der Waals surface area (Å²) in [6.07, 6.45) is -33.1. The van der Waals surface area contributed by atoms with Crippen LogP contribution < -0.4 is 90.6 Å². The van der Waals surface area contributed by atoms with Gasteiger partial charge in [-0.25, -0.2) is 0 Å². The Morgan fingerprint density at radius 3 is 1.32 bits per heavy atom. The summed E-state index contributed by atoms with van der Waals surface area (Å²) in [6.45, 7) is -1.17. The molecule has 0 saturated carbocycles. The second kappa shape index (κ2) is 60.9. The number of carboxylic acids is 2. The van der Waals surface area contributed by atoms with Crippen LogP contribution in [0.1, 0.15) is 227 Å². The molecule has 23 N–H and O–H groups in total. The number of amides is 4. The van der Waals surface area contributed by atoms with E-state index in [4.69, 9.17) is 56.8 Å². The second-order valence-electron chi connectivity index (χ2n) is 34.2. The smallest absolute Gasteiger partial charge is 0.544 e. The molecule has 6 fully saturated rings. The number of nitrogens with one attached hydrogen (secondary N) is 4. The number of carboxylic acid groups (broad SMARTS) is 2. The Hall–Kier alpha value is -2.68. The van der Waals surface area contributed by atoms with E-state index in [1.807, 2.05) is 0 Å². The number of aliphatic hydroxyl groups excluding tert-OH is 19. The van der Waals surface area contributed by atoms with Gasteiger partial charge in [0.1, 0.15) is 146 Å². The third kappa shape index (κ3) is 35.3. The third-order valence-corrected chi connectivity index (χ3v) is 24.1. The van der Waals surface area contributed by atoms with E-state index in [0.29, 0.717) is 12.8 Å². The maximum atomic E-state index is 14.3. The fourth-order valence-corrected chi connectivity index (χ4v) is 16.9. The zero-order chi connectivity index (χ0) is 93.8. The molecule has 6 aliphatic heterocycles. The Morgan fingerprint density at radius 2 is 0.837 bits per heavy atom. The maximum absolute atomic E-state index is 14.3. The Morgan fingerprint density at radius 1 is 0.434 bits per heavy atom. The maximum Gasteiger partial charge on any atom is 1.00 e. The van der Waals surface area contributed by atoms with E-state index in [0.717, 1.165) is 85.0 Å². The molecule has 6 rings (SSSR count). The molecule has 0 aliphatic carbocycles. The molecule has 0 spiro atoms. The molecule has 6 aliphatic rings. The summed E-state index contributed by atoms with van der Waals surface area (Å²) in [5.74, 6) is -15.9. The normalized spacial score (nSPS) is 34.6. The summed E-state index contributed by atoms with van der Waals surface area (Å²) in [7, 11) is 0. The molecule has 0 aromatic rings. The van der Waals surface area contributed by atoms with E-state index in [2.05, 4.69) is 35.1 Å². The fraction of sp³-hybridized carbons (Fsp3) is 0.905. The van der Waals surface area contributed by atoms with Gasteiger partial charge in [0.15, 0.2) is 25.2 Å². The number of allylic oxidation sites excluding steroid dienone is 1. The van der Waals surface area contributed by atoms with Crippen molar-refractivity contribution in [3.8, 4) is 0 Å². The van der Waals surface area contributed by atoms with Crippen molar-refractivity contribution >= 4 is 35.6 Å². The summed E-state index contributed by atoms with van der Waals surface area (Å²) >= 11 is 0. The number of hydrogen-bond donors (Lipinski definition) is 23. The van der Waals surface area contributed by atoms with Gasteiger partial charge >= 0.3 is 59.1 Å². The van der Waals surface area contributed by atoms with E-state index in [1.54, 1.807) is 6.08 Å². The fourth-order valence-electron chi connectivity index (χ4n) is 16.9. The van der Waals surface area contributed by atoms with Crippen molar-refractivity contribution in [2.45, 2.75) is 435 Å². The molecule has 43 nitrogen and oxygen atoms in total. The largest absolute Gasteiger partial charge is 1.00 e.